The molecule has 0 aromatic heterocycles. The van der Waals surface area contributed by atoms with E-state index in [1.807, 2.05) is 12.1 Å². The number of rotatable bonds is 2. The zero-order chi connectivity index (χ0) is 11.6. The maximum absolute atomic E-state index is 12.9. The molecule has 0 saturated heterocycles. The molecule has 1 nitrogen and oxygen atoms in total. The molecule has 5 atom stereocenters. The molecule has 5 unspecified atom stereocenters. The zero-order valence-electron chi connectivity index (χ0n) is 9.85. The van der Waals surface area contributed by atoms with E-state index in [-0.39, 0.29) is 11.9 Å². The van der Waals surface area contributed by atoms with Crippen LogP contribution in [0.2, 0.25) is 0 Å². The minimum absolute atomic E-state index is 0.133. The van der Waals surface area contributed by atoms with Crippen LogP contribution < -0.4 is 5.73 Å². The lowest BCUT2D eigenvalue weighted by Gasteiger charge is -2.16. The van der Waals surface area contributed by atoms with Gasteiger partial charge in [-0.1, -0.05) is 12.1 Å². The minimum atomic E-state index is -0.169. The molecule has 17 heavy (non-hydrogen) atoms. The van der Waals surface area contributed by atoms with Crippen LogP contribution in [0.4, 0.5) is 4.39 Å². The Morgan fingerprint density at radius 1 is 1.06 bits per heavy atom. The van der Waals surface area contributed by atoms with Crippen molar-refractivity contribution in [1.29, 1.82) is 0 Å². The van der Waals surface area contributed by atoms with E-state index in [0.717, 1.165) is 29.2 Å². The molecular weight excluding hydrogens is 213 g/mol. The fraction of sp³-hybridized carbons (Fsp3) is 0.600. The Morgan fingerprint density at radius 2 is 1.65 bits per heavy atom. The van der Waals surface area contributed by atoms with Gasteiger partial charge in [0.25, 0.3) is 0 Å². The van der Waals surface area contributed by atoms with E-state index in [1.165, 1.54) is 31.4 Å². The van der Waals surface area contributed by atoms with Crippen molar-refractivity contribution in [2.45, 2.75) is 25.3 Å². The van der Waals surface area contributed by atoms with Crippen LogP contribution in [-0.2, 0) is 0 Å². The molecule has 1 aromatic carbocycles. The molecule has 3 aliphatic rings. The Kier molecular flexibility index (Phi) is 1.97. The molecule has 0 spiro atoms. The van der Waals surface area contributed by atoms with Gasteiger partial charge in [0.2, 0.25) is 0 Å². The van der Waals surface area contributed by atoms with Gasteiger partial charge in [0, 0.05) is 6.04 Å². The summed E-state index contributed by atoms with van der Waals surface area (Å²) in [6, 6.07) is 6.91. The molecule has 3 fully saturated rings. The van der Waals surface area contributed by atoms with E-state index >= 15 is 0 Å². The number of benzene rings is 1. The van der Waals surface area contributed by atoms with Crippen LogP contribution >= 0.6 is 0 Å². The van der Waals surface area contributed by atoms with Gasteiger partial charge in [0.15, 0.2) is 0 Å². The second kappa shape index (κ2) is 3.32. The first kappa shape index (κ1) is 10.1. The van der Waals surface area contributed by atoms with Crippen LogP contribution in [0.25, 0.3) is 0 Å². The number of fused-ring (bicyclic) bond motifs is 5. The smallest absolute Gasteiger partial charge is 0.123 e. The van der Waals surface area contributed by atoms with E-state index in [9.17, 15) is 4.39 Å². The van der Waals surface area contributed by atoms with E-state index in [1.54, 1.807) is 0 Å². The van der Waals surface area contributed by atoms with Gasteiger partial charge in [0.1, 0.15) is 5.82 Å². The van der Waals surface area contributed by atoms with Gasteiger partial charge in [0.05, 0.1) is 0 Å². The van der Waals surface area contributed by atoms with Crippen molar-refractivity contribution < 1.29 is 4.39 Å². The molecule has 4 rings (SSSR count). The number of nitrogens with two attached hydrogens (primary N) is 1. The molecular formula is C15H18FN. The van der Waals surface area contributed by atoms with Gasteiger partial charge >= 0.3 is 0 Å². The number of halogens is 1. The highest BCUT2D eigenvalue weighted by Gasteiger charge is 2.66. The summed E-state index contributed by atoms with van der Waals surface area (Å²) in [6.45, 7) is 0. The minimum Gasteiger partial charge on any atom is -0.324 e. The van der Waals surface area contributed by atoms with Crippen LogP contribution in [0.3, 0.4) is 0 Å². The Bertz CT molecular complexity index is 425. The zero-order valence-corrected chi connectivity index (χ0v) is 9.85. The van der Waals surface area contributed by atoms with Crippen molar-refractivity contribution in [3.8, 4) is 0 Å². The normalized spacial score (nSPS) is 43.5. The van der Waals surface area contributed by atoms with Crippen molar-refractivity contribution >= 4 is 0 Å². The van der Waals surface area contributed by atoms with Crippen molar-refractivity contribution in [3.63, 3.8) is 0 Å². The maximum atomic E-state index is 12.9. The summed E-state index contributed by atoms with van der Waals surface area (Å²) in [4.78, 5) is 0. The molecule has 3 aliphatic carbocycles. The van der Waals surface area contributed by atoms with Gasteiger partial charge in [-0.2, -0.15) is 0 Å². The lowest BCUT2D eigenvalue weighted by molar-refractivity contribution is 0.417. The van der Waals surface area contributed by atoms with Gasteiger partial charge in [-0.15, -0.1) is 0 Å². The standard InChI is InChI=1S/C15H18FN/c16-11-5-3-8(4-6-11)15(17)14-12-9-1-2-10(7-9)13(12)14/h3-6,9-10,12-15H,1-2,7,17H2. The highest BCUT2D eigenvalue weighted by atomic mass is 19.1. The summed E-state index contributed by atoms with van der Waals surface area (Å²) >= 11 is 0. The first-order valence-corrected chi connectivity index (χ1v) is 6.77. The van der Waals surface area contributed by atoms with E-state index in [2.05, 4.69) is 0 Å². The summed E-state index contributed by atoms with van der Waals surface area (Å²) in [5, 5.41) is 0. The summed E-state index contributed by atoms with van der Waals surface area (Å²) < 4.78 is 12.9. The molecule has 90 valence electrons. The van der Waals surface area contributed by atoms with E-state index < -0.39 is 0 Å². The molecule has 0 heterocycles. The van der Waals surface area contributed by atoms with Crippen LogP contribution in [0.15, 0.2) is 24.3 Å². The van der Waals surface area contributed by atoms with Crippen LogP contribution in [0.5, 0.6) is 0 Å². The van der Waals surface area contributed by atoms with Gasteiger partial charge in [-0.05, 0) is 66.5 Å². The fourth-order valence-electron chi connectivity index (χ4n) is 4.78. The predicted molar refractivity (Wildman–Crippen MR) is 64.6 cm³/mol. The quantitative estimate of drug-likeness (QED) is 0.831. The second-order valence-corrected chi connectivity index (χ2v) is 6.14. The molecule has 2 N–H and O–H groups in total. The van der Waals surface area contributed by atoms with Crippen LogP contribution in [0, 0.1) is 35.4 Å². The lowest BCUT2D eigenvalue weighted by Crippen LogP contribution is -2.17. The Morgan fingerprint density at radius 3 is 2.24 bits per heavy atom. The summed E-state index contributed by atoms with van der Waals surface area (Å²) in [6.07, 6.45) is 4.32. The Hall–Kier alpha value is -0.890. The van der Waals surface area contributed by atoms with Crippen molar-refractivity contribution in [2.75, 3.05) is 0 Å². The van der Waals surface area contributed by atoms with Crippen molar-refractivity contribution in [3.05, 3.63) is 35.6 Å². The first-order valence-electron chi connectivity index (χ1n) is 6.77. The third-order valence-corrected chi connectivity index (χ3v) is 5.46. The van der Waals surface area contributed by atoms with Crippen LogP contribution in [-0.4, -0.2) is 0 Å². The number of hydrogen-bond donors (Lipinski definition) is 1. The lowest BCUT2D eigenvalue weighted by atomic mass is 9.93. The topological polar surface area (TPSA) is 26.0 Å². The SMILES string of the molecule is NC(c1ccc(F)cc1)C1C2C3CCC(C3)C21. The van der Waals surface area contributed by atoms with Crippen LogP contribution in [0.1, 0.15) is 30.9 Å². The van der Waals surface area contributed by atoms with Crippen molar-refractivity contribution in [2.24, 2.45) is 35.3 Å². The van der Waals surface area contributed by atoms with Gasteiger partial charge in [-0.3, -0.25) is 0 Å². The second-order valence-electron chi connectivity index (χ2n) is 6.14. The molecule has 0 amide bonds. The third-order valence-electron chi connectivity index (χ3n) is 5.46. The molecule has 2 heteroatoms. The molecule has 2 bridgehead atoms. The highest BCUT2D eigenvalue weighted by Crippen LogP contribution is 2.71. The average molecular weight is 231 g/mol. The molecule has 0 aliphatic heterocycles. The molecule has 1 aromatic rings. The third kappa shape index (κ3) is 1.33. The maximum Gasteiger partial charge on any atom is 0.123 e. The highest BCUT2D eigenvalue weighted by molar-refractivity contribution is 5.26. The van der Waals surface area contributed by atoms with Gasteiger partial charge in [-0.25, -0.2) is 4.39 Å². The van der Waals surface area contributed by atoms with E-state index in [4.69, 9.17) is 5.73 Å². The molecule has 0 radical (unpaired) electrons. The molecule has 3 saturated carbocycles. The first-order chi connectivity index (χ1) is 8.25. The largest absolute Gasteiger partial charge is 0.324 e. The van der Waals surface area contributed by atoms with Crippen molar-refractivity contribution in [1.82, 2.24) is 0 Å². The Balaban J connectivity index is 1.55. The monoisotopic (exact) mass is 231 g/mol. The Labute approximate surface area is 101 Å². The fourth-order valence-corrected chi connectivity index (χ4v) is 4.78. The predicted octanol–water partition coefficient (Wildman–Crippen LogP) is 3.12. The van der Waals surface area contributed by atoms with E-state index in [0.29, 0.717) is 5.92 Å². The number of hydrogen-bond acceptors (Lipinski definition) is 1. The van der Waals surface area contributed by atoms with Gasteiger partial charge < -0.3 is 5.73 Å². The summed E-state index contributed by atoms with van der Waals surface area (Å²) in [5.41, 5.74) is 7.49. The average Bonchev–Trinajstić information content (AvgIpc) is 2.77. The summed E-state index contributed by atoms with van der Waals surface area (Å²) in [5.74, 6) is 4.23. The summed E-state index contributed by atoms with van der Waals surface area (Å²) in [7, 11) is 0.